The van der Waals surface area contributed by atoms with Crippen LogP contribution in [-0.2, 0) is 24.3 Å². The van der Waals surface area contributed by atoms with Crippen molar-refractivity contribution in [3.8, 4) is 5.75 Å². The van der Waals surface area contributed by atoms with E-state index in [0.717, 1.165) is 40.9 Å². The van der Waals surface area contributed by atoms with Crippen molar-refractivity contribution in [1.82, 2.24) is 4.57 Å². The number of hydrogen-bond acceptors (Lipinski definition) is 3. The quantitative estimate of drug-likeness (QED) is 0.285. The summed E-state index contributed by atoms with van der Waals surface area (Å²) in [6, 6.07) is 24.8. The molecule has 0 unspecified atom stereocenters. The Morgan fingerprint density at radius 2 is 1.73 bits per heavy atom. The van der Waals surface area contributed by atoms with E-state index in [1.54, 1.807) is 17.0 Å². The largest absolute Gasteiger partial charge is 0.483 e. The molecule has 4 aromatic rings. The van der Waals surface area contributed by atoms with Gasteiger partial charge in [-0.2, -0.15) is 0 Å². The van der Waals surface area contributed by atoms with Gasteiger partial charge in [0.1, 0.15) is 5.75 Å². The Kier molecular flexibility index (Phi) is 7.15. The van der Waals surface area contributed by atoms with Gasteiger partial charge in [0.2, 0.25) is 5.78 Å². The molecular weight excluding hydrogens is 484 g/mol. The number of halogens is 1. The standard InChI is InChI=1S/C31H29ClN2O3/c1-21-9-11-24(12-10-21)31(36)28-15-14-26-19-34(27-8-4-3-6-23(27)7-5-17-33(26)28)30(35)20-37-29-16-13-25(32)18-22(29)2/h3-4,6,8-16,18H,5,7,17,19-20H2,1-2H3. The van der Waals surface area contributed by atoms with Crippen LogP contribution in [0, 0.1) is 13.8 Å². The van der Waals surface area contributed by atoms with Gasteiger partial charge in [-0.1, -0.05) is 59.6 Å². The smallest absolute Gasteiger partial charge is 0.265 e. The van der Waals surface area contributed by atoms with E-state index in [9.17, 15) is 9.59 Å². The second-order valence-electron chi connectivity index (χ2n) is 9.47. The molecule has 6 heteroatoms. The highest BCUT2D eigenvalue weighted by Gasteiger charge is 2.25. The van der Waals surface area contributed by atoms with Gasteiger partial charge in [0, 0.05) is 28.5 Å². The molecule has 0 aliphatic carbocycles. The SMILES string of the molecule is Cc1ccc(C(=O)c2ccc3n2CCCc2ccccc2N(C(=O)COc2ccc(Cl)cc2C)C3)cc1. The van der Waals surface area contributed by atoms with Crippen LogP contribution in [0.5, 0.6) is 5.75 Å². The van der Waals surface area contributed by atoms with Crippen LogP contribution in [0.2, 0.25) is 5.02 Å². The molecule has 0 saturated carbocycles. The lowest BCUT2D eigenvalue weighted by atomic mass is 10.1. The van der Waals surface area contributed by atoms with Crippen LogP contribution in [-0.4, -0.2) is 22.9 Å². The Labute approximate surface area is 222 Å². The number of fused-ring (bicyclic) bond motifs is 2. The molecule has 1 aliphatic heterocycles. The highest BCUT2D eigenvalue weighted by atomic mass is 35.5. The number of nitrogens with zero attached hydrogens (tertiary/aromatic N) is 2. The third kappa shape index (κ3) is 5.32. The minimum absolute atomic E-state index is 0.0116. The van der Waals surface area contributed by atoms with Crippen LogP contribution >= 0.6 is 11.6 Å². The normalized spacial score (nSPS) is 13.1. The van der Waals surface area contributed by atoms with Crippen molar-refractivity contribution in [2.24, 2.45) is 0 Å². The minimum atomic E-state index is -0.150. The number of anilines is 1. The summed E-state index contributed by atoms with van der Waals surface area (Å²) >= 11 is 6.07. The molecule has 37 heavy (non-hydrogen) atoms. The van der Waals surface area contributed by atoms with Gasteiger partial charge >= 0.3 is 0 Å². The lowest BCUT2D eigenvalue weighted by Crippen LogP contribution is -2.35. The summed E-state index contributed by atoms with van der Waals surface area (Å²) in [5.74, 6) is 0.468. The highest BCUT2D eigenvalue weighted by Crippen LogP contribution is 2.28. The van der Waals surface area contributed by atoms with Crippen LogP contribution in [0.4, 0.5) is 5.69 Å². The molecule has 0 bridgehead atoms. The fraction of sp³-hybridized carbons (Fsp3) is 0.226. The molecule has 3 aromatic carbocycles. The summed E-state index contributed by atoms with van der Waals surface area (Å²) in [7, 11) is 0. The van der Waals surface area contributed by atoms with Gasteiger partial charge in [0.05, 0.1) is 12.2 Å². The van der Waals surface area contributed by atoms with Gasteiger partial charge in [0.25, 0.3) is 5.91 Å². The first-order chi connectivity index (χ1) is 17.9. The number of ether oxygens (including phenoxy) is 1. The van der Waals surface area contributed by atoms with Crippen molar-refractivity contribution in [3.05, 3.63) is 118 Å². The van der Waals surface area contributed by atoms with Crippen LogP contribution in [0.15, 0.2) is 78.9 Å². The van der Waals surface area contributed by atoms with Gasteiger partial charge in [-0.15, -0.1) is 0 Å². The monoisotopic (exact) mass is 512 g/mol. The summed E-state index contributed by atoms with van der Waals surface area (Å²) in [4.78, 5) is 28.8. The van der Waals surface area contributed by atoms with E-state index >= 15 is 0 Å². The zero-order chi connectivity index (χ0) is 25.9. The van der Waals surface area contributed by atoms with E-state index in [-0.39, 0.29) is 18.3 Å². The maximum Gasteiger partial charge on any atom is 0.265 e. The first-order valence-corrected chi connectivity index (χ1v) is 12.9. The van der Waals surface area contributed by atoms with E-state index in [4.69, 9.17) is 16.3 Å². The van der Waals surface area contributed by atoms with Gasteiger partial charge < -0.3 is 14.2 Å². The molecule has 1 amide bonds. The van der Waals surface area contributed by atoms with Crippen molar-refractivity contribution < 1.29 is 14.3 Å². The number of rotatable bonds is 5. The van der Waals surface area contributed by atoms with E-state index in [1.807, 2.05) is 74.5 Å². The number of aryl methyl sites for hydroxylation is 3. The zero-order valence-corrected chi connectivity index (χ0v) is 21.8. The maximum atomic E-state index is 13.6. The van der Waals surface area contributed by atoms with E-state index in [1.165, 1.54) is 0 Å². The fourth-order valence-corrected chi connectivity index (χ4v) is 5.06. The van der Waals surface area contributed by atoms with Crippen molar-refractivity contribution >= 4 is 29.0 Å². The molecule has 188 valence electrons. The number of hydrogen-bond donors (Lipinski definition) is 0. The molecule has 0 N–H and O–H groups in total. The van der Waals surface area contributed by atoms with Gasteiger partial charge in [0.15, 0.2) is 6.61 Å². The predicted molar refractivity (Wildman–Crippen MR) is 147 cm³/mol. The first kappa shape index (κ1) is 24.8. The van der Waals surface area contributed by atoms with Crippen molar-refractivity contribution in [2.45, 2.75) is 39.8 Å². The molecule has 1 aromatic heterocycles. The Morgan fingerprint density at radius 3 is 2.51 bits per heavy atom. The topological polar surface area (TPSA) is 51.5 Å². The Balaban J connectivity index is 1.45. The highest BCUT2D eigenvalue weighted by molar-refractivity contribution is 6.30. The van der Waals surface area contributed by atoms with Crippen molar-refractivity contribution in [2.75, 3.05) is 11.5 Å². The number of ketones is 1. The Morgan fingerprint density at radius 1 is 0.946 bits per heavy atom. The number of carbonyl (C=O) groups excluding carboxylic acids is 2. The van der Waals surface area contributed by atoms with E-state index in [0.29, 0.717) is 35.1 Å². The fourth-order valence-electron chi connectivity index (χ4n) is 4.84. The summed E-state index contributed by atoms with van der Waals surface area (Å²) in [5, 5.41) is 0.627. The molecule has 0 atom stereocenters. The van der Waals surface area contributed by atoms with Crippen molar-refractivity contribution in [1.29, 1.82) is 0 Å². The minimum Gasteiger partial charge on any atom is -0.483 e. The van der Waals surface area contributed by atoms with E-state index < -0.39 is 0 Å². The second-order valence-corrected chi connectivity index (χ2v) is 9.90. The summed E-state index contributed by atoms with van der Waals surface area (Å²) in [5.41, 5.74) is 6.20. The molecule has 2 heterocycles. The molecule has 5 rings (SSSR count). The van der Waals surface area contributed by atoms with Crippen LogP contribution in [0.3, 0.4) is 0 Å². The molecule has 0 fully saturated rings. The molecule has 1 aliphatic rings. The van der Waals surface area contributed by atoms with Crippen LogP contribution < -0.4 is 9.64 Å². The third-order valence-corrected chi connectivity index (χ3v) is 7.07. The van der Waals surface area contributed by atoms with Crippen molar-refractivity contribution in [3.63, 3.8) is 0 Å². The molecular formula is C31H29ClN2O3. The predicted octanol–water partition coefficient (Wildman–Crippen LogP) is 6.55. The summed E-state index contributed by atoms with van der Waals surface area (Å²) < 4.78 is 7.98. The second kappa shape index (κ2) is 10.7. The number of benzene rings is 3. The number of amides is 1. The van der Waals surface area contributed by atoms with Gasteiger partial charge in [-0.3, -0.25) is 9.59 Å². The molecule has 0 saturated heterocycles. The number of aromatic nitrogens is 1. The Bertz CT molecular complexity index is 1460. The molecule has 0 spiro atoms. The summed E-state index contributed by atoms with van der Waals surface area (Å²) in [6.07, 6.45) is 1.66. The first-order valence-electron chi connectivity index (χ1n) is 12.5. The molecule has 0 radical (unpaired) electrons. The van der Waals surface area contributed by atoms with Crippen LogP contribution in [0.1, 0.15) is 44.9 Å². The average molecular weight is 513 g/mol. The number of para-hydroxylation sites is 1. The lowest BCUT2D eigenvalue weighted by molar-refractivity contribution is -0.120. The third-order valence-electron chi connectivity index (χ3n) is 6.84. The Hall–Kier alpha value is -3.83. The lowest BCUT2D eigenvalue weighted by Gasteiger charge is -2.25. The average Bonchev–Trinajstić information content (AvgIpc) is 3.31. The summed E-state index contributed by atoms with van der Waals surface area (Å²) in [6.45, 7) is 4.85. The maximum absolute atomic E-state index is 13.6. The number of carbonyl (C=O) groups is 2. The van der Waals surface area contributed by atoms with E-state index in [2.05, 4.69) is 10.6 Å². The van der Waals surface area contributed by atoms with Gasteiger partial charge in [-0.05, 0) is 74.2 Å². The molecule has 5 nitrogen and oxygen atoms in total. The van der Waals surface area contributed by atoms with Gasteiger partial charge in [-0.25, -0.2) is 0 Å². The zero-order valence-electron chi connectivity index (χ0n) is 21.0. The van der Waals surface area contributed by atoms with Crippen LogP contribution in [0.25, 0.3) is 0 Å².